The number of nitrogen functional groups attached to an aromatic ring is 1. The van der Waals surface area contributed by atoms with Gasteiger partial charge in [-0.05, 0) is 17.2 Å². The smallest absolute Gasteiger partial charge is 0.270 e. The fourth-order valence-electron chi connectivity index (χ4n) is 2.12. The Morgan fingerprint density at radius 1 is 1.13 bits per heavy atom. The van der Waals surface area contributed by atoms with Crippen LogP contribution in [0.2, 0.25) is 0 Å². The summed E-state index contributed by atoms with van der Waals surface area (Å²) in [6.45, 7) is 0. The maximum absolute atomic E-state index is 10.9. The second-order valence-corrected chi connectivity index (χ2v) is 5.73. The zero-order valence-corrected chi connectivity index (χ0v) is 12.7. The summed E-state index contributed by atoms with van der Waals surface area (Å²) in [6, 6.07) is 16.1. The molecule has 0 aliphatic rings. The predicted molar refractivity (Wildman–Crippen MR) is 90.8 cm³/mol. The third-order valence-electron chi connectivity index (χ3n) is 3.15. The van der Waals surface area contributed by atoms with Crippen LogP contribution >= 0.6 is 11.3 Å². The maximum atomic E-state index is 10.9. The Labute approximate surface area is 136 Å². The number of hydrogen-bond acceptors (Lipinski definition) is 6. The molecule has 0 saturated heterocycles. The zero-order valence-electron chi connectivity index (χ0n) is 11.9. The Hall–Kier alpha value is -3.06. The van der Waals surface area contributed by atoms with Crippen LogP contribution in [0.4, 0.5) is 10.8 Å². The molecule has 1 aromatic heterocycles. The fourth-order valence-corrected chi connectivity index (χ4v) is 2.77. The molecule has 6 nitrogen and oxygen atoms in total. The van der Waals surface area contributed by atoms with Crippen LogP contribution in [0, 0.1) is 10.1 Å². The Kier molecular flexibility index (Phi) is 4.11. The molecule has 0 aliphatic heterocycles. The summed E-state index contributed by atoms with van der Waals surface area (Å²) in [5.41, 5.74) is 8.20. The first kappa shape index (κ1) is 14.9. The molecule has 2 N–H and O–H groups in total. The highest BCUT2D eigenvalue weighted by Crippen LogP contribution is 2.29. The molecule has 114 valence electrons. The summed E-state index contributed by atoms with van der Waals surface area (Å²) in [7, 11) is 0. The lowest BCUT2D eigenvalue weighted by atomic mass is 10.0. The first-order valence-corrected chi connectivity index (χ1v) is 7.56. The zero-order chi connectivity index (χ0) is 16.2. The van der Waals surface area contributed by atoms with Gasteiger partial charge in [0, 0.05) is 17.7 Å². The first-order valence-electron chi connectivity index (χ1n) is 6.74. The van der Waals surface area contributed by atoms with E-state index in [0.717, 1.165) is 11.1 Å². The third kappa shape index (κ3) is 3.41. The van der Waals surface area contributed by atoms with Crippen LogP contribution in [0.15, 0.2) is 54.6 Å². The van der Waals surface area contributed by atoms with Gasteiger partial charge in [0.1, 0.15) is 5.01 Å². The molecule has 3 aromatic rings. The molecule has 0 radical (unpaired) electrons. The van der Waals surface area contributed by atoms with Gasteiger partial charge in [-0.25, -0.2) is 0 Å². The number of anilines is 1. The van der Waals surface area contributed by atoms with Crippen molar-refractivity contribution in [2.75, 3.05) is 5.73 Å². The van der Waals surface area contributed by atoms with Gasteiger partial charge in [-0.3, -0.25) is 10.1 Å². The number of nitro benzene ring substituents is 1. The van der Waals surface area contributed by atoms with Gasteiger partial charge in [-0.15, -0.1) is 10.2 Å². The summed E-state index contributed by atoms with van der Waals surface area (Å²) >= 11 is 1.27. The number of benzene rings is 2. The van der Waals surface area contributed by atoms with E-state index in [0.29, 0.717) is 15.7 Å². The van der Waals surface area contributed by atoms with Crippen molar-refractivity contribution in [1.82, 2.24) is 10.2 Å². The summed E-state index contributed by atoms with van der Waals surface area (Å²) in [5.74, 6) is 0. The molecule has 0 saturated carbocycles. The topological polar surface area (TPSA) is 94.9 Å². The van der Waals surface area contributed by atoms with Crippen LogP contribution in [0.5, 0.6) is 0 Å². The standard InChI is InChI=1S/C16H12N4O2S/c17-16-19-18-15(23-16)14(12-6-2-1-3-7-12)10-11-5-4-8-13(9-11)20(21)22/h1-10H,(H2,17,19)/b14-10+. The van der Waals surface area contributed by atoms with Gasteiger partial charge in [0.15, 0.2) is 0 Å². The highest BCUT2D eigenvalue weighted by atomic mass is 32.1. The first-order chi connectivity index (χ1) is 11.1. The van der Waals surface area contributed by atoms with Crippen LogP contribution in [0.1, 0.15) is 16.1 Å². The van der Waals surface area contributed by atoms with Gasteiger partial charge in [0.2, 0.25) is 5.13 Å². The number of hydrogen-bond donors (Lipinski definition) is 1. The number of rotatable bonds is 4. The van der Waals surface area contributed by atoms with E-state index in [-0.39, 0.29) is 5.69 Å². The average Bonchev–Trinajstić information content (AvgIpc) is 3.00. The quantitative estimate of drug-likeness (QED) is 0.449. The predicted octanol–water partition coefficient (Wildman–Crippen LogP) is 3.62. The van der Waals surface area contributed by atoms with Gasteiger partial charge in [0.25, 0.3) is 5.69 Å². The lowest BCUT2D eigenvalue weighted by Crippen LogP contribution is -1.90. The molecule has 0 bridgehead atoms. The van der Waals surface area contributed by atoms with Crippen molar-refractivity contribution < 1.29 is 4.92 Å². The molecule has 2 aromatic carbocycles. The Morgan fingerprint density at radius 2 is 1.91 bits per heavy atom. The minimum Gasteiger partial charge on any atom is -0.374 e. The molecule has 0 unspecified atom stereocenters. The van der Waals surface area contributed by atoms with Crippen molar-refractivity contribution in [3.63, 3.8) is 0 Å². The number of nitrogens with two attached hydrogens (primary N) is 1. The second-order valence-electron chi connectivity index (χ2n) is 4.72. The Bertz CT molecular complexity index is 875. The molecular weight excluding hydrogens is 312 g/mol. The SMILES string of the molecule is Nc1nnc(/C(=C/c2cccc([N+](=O)[O-])c2)c2ccccc2)s1. The summed E-state index contributed by atoms with van der Waals surface area (Å²) < 4.78 is 0. The van der Waals surface area contributed by atoms with Crippen molar-refractivity contribution in [2.24, 2.45) is 0 Å². The highest BCUT2D eigenvalue weighted by molar-refractivity contribution is 7.16. The average molecular weight is 324 g/mol. The van der Waals surface area contributed by atoms with Crippen LogP contribution in [0.3, 0.4) is 0 Å². The number of nitro groups is 1. The number of aromatic nitrogens is 2. The van der Waals surface area contributed by atoms with E-state index >= 15 is 0 Å². The van der Waals surface area contributed by atoms with Gasteiger partial charge in [-0.2, -0.15) is 0 Å². The normalized spacial score (nSPS) is 11.4. The third-order valence-corrected chi connectivity index (χ3v) is 3.93. The van der Waals surface area contributed by atoms with Gasteiger partial charge in [0.05, 0.1) is 4.92 Å². The highest BCUT2D eigenvalue weighted by Gasteiger charge is 2.12. The van der Waals surface area contributed by atoms with Crippen molar-refractivity contribution in [3.05, 3.63) is 80.8 Å². The number of non-ortho nitro benzene ring substituents is 1. The molecule has 7 heteroatoms. The minimum absolute atomic E-state index is 0.0444. The molecule has 0 atom stereocenters. The second kappa shape index (κ2) is 6.37. The Morgan fingerprint density at radius 3 is 2.57 bits per heavy atom. The molecule has 0 amide bonds. The summed E-state index contributed by atoms with van der Waals surface area (Å²) in [5, 5.41) is 19.9. The molecule has 23 heavy (non-hydrogen) atoms. The molecule has 0 spiro atoms. The van der Waals surface area contributed by atoms with E-state index < -0.39 is 4.92 Å². The van der Waals surface area contributed by atoms with Crippen molar-refractivity contribution in [1.29, 1.82) is 0 Å². The van der Waals surface area contributed by atoms with E-state index in [4.69, 9.17) is 5.73 Å². The molecule has 3 rings (SSSR count). The van der Waals surface area contributed by atoms with Crippen molar-refractivity contribution >= 4 is 33.8 Å². The van der Waals surface area contributed by atoms with E-state index in [1.807, 2.05) is 36.4 Å². The molecule has 0 fully saturated rings. The van der Waals surface area contributed by atoms with Crippen molar-refractivity contribution in [3.8, 4) is 0 Å². The van der Waals surface area contributed by atoms with E-state index in [2.05, 4.69) is 10.2 Å². The van der Waals surface area contributed by atoms with E-state index in [1.54, 1.807) is 12.1 Å². The van der Waals surface area contributed by atoms with Crippen molar-refractivity contribution in [2.45, 2.75) is 0 Å². The summed E-state index contributed by atoms with van der Waals surface area (Å²) in [4.78, 5) is 10.5. The van der Waals surface area contributed by atoms with E-state index in [9.17, 15) is 10.1 Å². The maximum Gasteiger partial charge on any atom is 0.270 e. The van der Waals surface area contributed by atoms with Crippen LogP contribution in [0.25, 0.3) is 11.6 Å². The van der Waals surface area contributed by atoms with Gasteiger partial charge in [-0.1, -0.05) is 53.8 Å². The van der Waals surface area contributed by atoms with Gasteiger partial charge < -0.3 is 5.73 Å². The number of nitrogens with zero attached hydrogens (tertiary/aromatic N) is 3. The minimum atomic E-state index is -0.414. The fraction of sp³-hybridized carbons (Fsp3) is 0. The van der Waals surface area contributed by atoms with E-state index in [1.165, 1.54) is 23.5 Å². The lowest BCUT2D eigenvalue weighted by Gasteiger charge is -2.04. The van der Waals surface area contributed by atoms with Crippen LogP contribution < -0.4 is 5.73 Å². The van der Waals surface area contributed by atoms with Crippen LogP contribution in [-0.4, -0.2) is 15.1 Å². The Balaban J connectivity index is 2.12. The molecular formula is C16H12N4O2S. The van der Waals surface area contributed by atoms with Crippen LogP contribution in [-0.2, 0) is 0 Å². The van der Waals surface area contributed by atoms with Gasteiger partial charge >= 0.3 is 0 Å². The lowest BCUT2D eigenvalue weighted by molar-refractivity contribution is -0.384. The summed E-state index contributed by atoms with van der Waals surface area (Å²) in [6.07, 6.45) is 1.85. The monoisotopic (exact) mass is 324 g/mol. The largest absolute Gasteiger partial charge is 0.374 e. The molecule has 0 aliphatic carbocycles. The molecule has 1 heterocycles.